The van der Waals surface area contributed by atoms with E-state index in [2.05, 4.69) is 34.3 Å². The van der Waals surface area contributed by atoms with E-state index in [-0.39, 0.29) is 17.9 Å². The molecule has 0 bridgehead atoms. The molecule has 1 saturated heterocycles. The third-order valence-corrected chi connectivity index (χ3v) is 4.47. The minimum Gasteiger partial charge on any atom is -0.497 e. The standard InChI is InChI=1S/C18H29N3O2/c1-14(2)18(22)19-13-17(21-11-9-20(3)10-12-21)15-5-7-16(23-4)8-6-15/h5-8,14,17H,9-13H2,1-4H3,(H,19,22). The first-order chi connectivity index (χ1) is 11.0. The summed E-state index contributed by atoms with van der Waals surface area (Å²) in [6, 6.07) is 8.38. The minimum absolute atomic E-state index is 0.0130. The van der Waals surface area contributed by atoms with Crippen molar-refractivity contribution in [3.05, 3.63) is 29.8 Å². The quantitative estimate of drug-likeness (QED) is 0.868. The maximum Gasteiger partial charge on any atom is 0.222 e. The van der Waals surface area contributed by atoms with Crippen LogP contribution < -0.4 is 10.1 Å². The number of carbonyl (C=O) groups excluding carboxylic acids is 1. The predicted octanol–water partition coefficient (Wildman–Crippen LogP) is 1.76. The van der Waals surface area contributed by atoms with E-state index >= 15 is 0 Å². The zero-order chi connectivity index (χ0) is 16.8. The van der Waals surface area contributed by atoms with Crippen molar-refractivity contribution in [2.24, 2.45) is 5.92 Å². The molecule has 1 N–H and O–H groups in total. The van der Waals surface area contributed by atoms with E-state index in [0.717, 1.165) is 31.9 Å². The molecule has 1 fully saturated rings. The lowest BCUT2D eigenvalue weighted by atomic mass is 10.0. The Bertz CT molecular complexity index is 493. The van der Waals surface area contributed by atoms with Crippen LogP contribution in [0.2, 0.25) is 0 Å². The van der Waals surface area contributed by atoms with Crippen molar-refractivity contribution in [3.8, 4) is 5.75 Å². The molecule has 5 heteroatoms. The molecule has 1 heterocycles. The SMILES string of the molecule is COc1ccc(C(CNC(=O)C(C)C)N2CCN(C)CC2)cc1. The van der Waals surface area contributed by atoms with Crippen molar-refractivity contribution in [3.63, 3.8) is 0 Å². The van der Waals surface area contributed by atoms with Crippen LogP contribution in [0.1, 0.15) is 25.5 Å². The van der Waals surface area contributed by atoms with Crippen molar-refractivity contribution in [1.29, 1.82) is 0 Å². The van der Waals surface area contributed by atoms with Gasteiger partial charge >= 0.3 is 0 Å². The van der Waals surface area contributed by atoms with E-state index in [9.17, 15) is 4.79 Å². The number of methoxy groups -OCH3 is 1. The van der Waals surface area contributed by atoms with Gasteiger partial charge in [0, 0.05) is 38.6 Å². The number of ether oxygens (including phenoxy) is 1. The number of nitrogens with zero attached hydrogens (tertiary/aromatic N) is 2. The number of nitrogens with one attached hydrogen (secondary N) is 1. The van der Waals surface area contributed by atoms with Gasteiger partial charge in [-0.25, -0.2) is 0 Å². The van der Waals surface area contributed by atoms with E-state index in [4.69, 9.17) is 4.74 Å². The van der Waals surface area contributed by atoms with Gasteiger partial charge in [0.25, 0.3) is 0 Å². The second kappa shape index (κ2) is 8.31. The van der Waals surface area contributed by atoms with Gasteiger partial charge in [-0.2, -0.15) is 0 Å². The third kappa shape index (κ3) is 4.94. The van der Waals surface area contributed by atoms with E-state index in [0.29, 0.717) is 6.54 Å². The summed E-state index contributed by atoms with van der Waals surface area (Å²) in [5.41, 5.74) is 1.22. The first-order valence-corrected chi connectivity index (χ1v) is 8.35. The molecule has 128 valence electrons. The first kappa shape index (κ1) is 17.8. The highest BCUT2D eigenvalue weighted by molar-refractivity contribution is 5.77. The van der Waals surface area contributed by atoms with Crippen LogP contribution in [0.4, 0.5) is 0 Å². The summed E-state index contributed by atoms with van der Waals surface area (Å²) >= 11 is 0. The van der Waals surface area contributed by atoms with Gasteiger partial charge in [-0.15, -0.1) is 0 Å². The number of likely N-dealkylation sites (N-methyl/N-ethyl adjacent to an activating group) is 1. The van der Waals surface area contributed by atoms with Gasteiger partial charge in [0.05, 0.1) is 13.2 Å². The van der Waals surface area contributed by atoms with Crippen molar-refractivity contribution in [2.45, 2.75) is 19.9 Å². The lowest BCUT2D eigenvalue weighted by Crippen LogP contribution is -2.48. The Labute approximate surface area is 139 Å². The van der Waals surface area contributed by atoms with Crippen LogP contribution in [0.3, 0.4) is 0 Å². The molecule has 1 aromatic rings. The Morgan fingerprint density at radius 3 is 2.30 bits per heavy atom. The van der Waals surface area contributed by atoms with Crippen molar-refractivity contribution in [2.75, 3.05) is 46.9 Å². The molecule has 1 atom stereocenters. The maximum absolute atomic E-state index is 12.0. The van der Waals surface area contributed by atoms with Gasteiger partial charge in [-0.1, -0.05) is 26.0 Å². The van der Waals surface area contributed by atoms with Gasteiger partial charge in [0.2, 0.25) is 5.91 Å². The average Bonchev–Trinajstić information content (AvgIpc) is 2.56. The van der Waals surface area contributed by atoms with Crippen molar-refractivity contribution < 1.29 is 9.53 Å². The number of rotatable bonds is 6. The fourth-order valence-electron chi connectivity index (χ4n) is 2.82. The first-order valence-electron chi connectivity index (χ1n) is 8.35. The Morgan fingerprint density at radius 1 is 1.17 bits per heavy atom. The highest BCUT2D eigenvalue weighted by Crippen LogP contribution is 2.24. The number of hydrogen-bond acceptors (Lipinski definition) is 4. The molecule has 0 aromatic heterocycles. The molecule has 0 spiro atoms. The third-order valence-electron chi connectivity index (χ3n) is 4.47. The molecular formula is C18H29N3O2. The summed E-state index contributed by atoms with van der Waals surface area (Å²) in [6.45, 7) is 8.65. The summed E-state index contributed by atoms with van der Waals surface area (Å²) in [6.07, 6.45) is 0. The second-order valence-corrected chi connectivity index (χ2v) is 6.53. The fourth-order valence-corrected chi connectivity index (χ4v) is 2.82. The molecule has 0 aliphatic carbocycles. The van der Waals surface area contributed by atoms with Crippen LogP contribution in [0.15, 0.2) is 24.3 Å². The fraction of sp³-hybridized carbons (Fsp3) is 0.611. The number of hydrogen-bond donors (Lipinski definition) is 1. The van der Waals surface area contributed by atoms with Gasteiger partial charge in [0.15, 0.2) is 0 Å². The Hall–Kier alpha value is -1.59. The predicted molar refractivity (Wildman–Crippen MR) is 92.7 cm³/mol. The van der Waals surface area contributed by atoms with E-state index in [1.165, 1.54) is 5.56 Å². The number of benzene rings is 1. The Kier molecular flexibility index (Phi) is 6.42. The average molecular weight is 319 g/mol. The molecule has 0 radical (unpaired) electrons. The smallest absolute Gasteiger partial charge is 0.222 e. The number of carbonyl (C=O) groups is 1. The summed E-state index contributed by atoms with van der Waals surface area (Å²) in [4.78, 5) is 16.8. The molecule has 1 aromatic carbocycles. The molecule has 0 saturated carbocycles. The maximum atomic E-state index is 12.0. The van der Waals surface area contributed by atoms with Gasteiger partial charge < -0.3 is 15.0 Å². The van der Waals surface area contributed by atoms with Crippen LogP contribution in [-0.2, 0) is 4.79 Å². The van der Waals surface area contributed by atoms with Crippen LogP contribution in [0.5, 0.6) is 5.75 Å². The monoisotopic (exact) mass is 319 g/mol. The lowest BCUT2D eigenvalue weighted by molar-refractivity contribution is -0.124. The molecule has 5 nitrogen and oxygen atoms in total. The Balaban J connectivity index is 2.11. The van der Waals surface area contributed by atoms with E-state index in [1.54, 1.807) is 7.11 Å². The van der Waals surface area contributed by atoms with Crippen LogP contribution >= 0.6 is 0 Å². The molecule has 1 aliphatic heterocycles. The summed E-state index contributed by atoms with van der Waals surface area (Å²) in [5, 5.41) is 3.09. The highest BCUT2D eigenvalue weighted by atomic mass is 16.5. The Morgan fingerprint density at radius 2 is 1.78 bits per heavy atom. The van der Waals surface area contributed by atoms with Gasteiger partial charge in [0.1, 0.15) is 5.75 Å². The summed E-state index contributed by atoms with van der Waals surface area (Å²) in [7, 11) is 3.83. The molecule has 2 rings (SSSR count). The number of piperazine rings is 1. The lowest BCUT2D eigenvalue weighted by Gasteiger charge is -2.38. The van der Waals surface area contributed by atoms with Crippen LogP contribution in [0.25, 0.3) is 0 Å². The van der Waals surface area contributed by atoms with E-state index < -0.39 is 0 Å². The van der Waals surface area contributed by atoms with E-state index in [1.807, 2.05) is 26.0 Å². The second-order valence-electron chi connectivity index (χ2n) is 6.53. The molecule has 1 amide bonds. The molecule has 1 unspecified atom stereocenters. The van der Waals surface area contributed by atoms with Gasteiger partial charge in [-0.05, 0) is 24.7 Å². The molecular weight excluding hydrogens is 290 g/mol. The topological polar surface area (TPSA) is 44.8 Å². The normalized spacial score (nSPS) is 18.0. The molecule has 1 aliphatic rings. The summed E-state index contributed by atoms with van der Waals surface area (Å²) in [5.74, 6) is 0.980. The number of amides is 1. The van der Waals surface area contributed by atoms with Crippen LogP contribution in [0, 0.1) is 5.92 Å². The minimum atomic E-state index is 0.0130. The molecule has 23 heavy (non-hydrogen) atoms. The van der Waals surface area contributed by atoms with Crippen LogP contribution in [-0.4, -0.2) is 62.6 Å². The summed E-state index contributed by atoms with van der Waals surface area (Å²) < 4.78 is 5.25. The highest BCUT2D eigenvalue weighted by Gasteiger charge is 2.24. The zero-order valence-corrected chi connectivity index (χ0v) is 14.7. The van der Waals surface area contributed by atoms with Gasteiger partial charge in [-0.3, -0.25) is 9.69 Å². The largest absolute Gasteiger partial charge is 0.497 e. The van der Waals surface area contributed by atoms with Crippen molar-refractivity contribution >= 4 is 5.91 Å². The zero-order valence-electron chi connectivity index (χ0n) is 14.7. The van der Waals surface area contributed by atoms with Crippen molar-refractivity contribution in [1.82, 2.24) is 15.1 Å².